The largest absolute Gasteiger partial charge is 0.349 e. The molecular formula is C11H17N5OS. The molecule has 2 heterocycles. The maximum atomic E-state index is 11.8. The highest BCUT2D eigenvalue weighted by molar-refractivity contribution is 7.16. The van der Waals surface area contributed by atoms with Crippen LogP contribution in [0.15, 0.2) is 0 Å². The average Bonchev–Trinajstić information content (AvgIpc) is 2.91. The molecule has 2 rings (SSSR count). The van der Waals surface area contributed by atoms with E-state index in [4.69, 9.17) is 0 Å². The van der Waals surface area contributed by atoms with Crippen molar-refractivity contribution < 1.29 is 4.79 Å². The molecule has 18 heavy (non-hydrogen) atoms. The number of fused-ring (bicyclic) bond motifs is 1. The summed E-state index contributed by atoms with van der Waals surface area (Å²) < 4.78 is 1.70. The molecule has 0 saturated heterocycles. The molecule has 2 aromatic rings. The molecule has 6 nitrogen and oxygen atoms in total. The summed E-state index contributed by atoms with van der Waals surface area (Å²) in [5.74, 6) is 0.957. The van der Waals surface area contributed by atoms with Crippen molar-refractivity contribution in [1.82, 2.24) is 25.1 Å². The number of amides is 1. The number of aryl methyl sites for hydroxylation is 1. The van der Waals surface area contributed by atoms with Gasteiger partial charge < -0.3 is 5.32 Å². The number of hydrogen-bond acceptors (Lipinski definition) is 5. The van der Waals surface area contributed by atoms with Gasteiger partial charge in [0.05, 0.1) is 6.54 Å². The molecule has 0 aliphatic carbocycles. The molecule has 0 fully saturated rings. The van der Waals surface area contributed by atoms with E-state index in [9.17, 15) is 4.79 Å². The molecule has 98 valence electrons. The fraction of sp³-hybridized carbons (Fsp3) is 0.636. The quantitative estimate of drug-likeness (QED) is 0.892. The lowest BCUT2D eigenvalue weighted by Crippen LogP contribution is -2.29. The number of carbonyl (C=O) groups is 1. The first-order chi connectivity index (χ1) is 8.65. The highest BCUT2D eigenvalue weighted by Gasteiger charge is 2.15. The third kappa shape index (κ3) is 2.50. The summed E-state index contributed by atoms with van der Waals surface area (Å²) in [6.45, 7) is 6.37. The van der Waals surface area contributed by atoms with Crippen LogP contribution in [-0.2, 0) is 11.3 Å². The normalized spacial score (nSPS) is 11.3. The van der Waals surface area contributed by atoms with Gasteiger partial charge in [0, 0.05) is 5.92 Å². The van der Waals surface area contributed by atoms with Crippen molar-refractivity contribution in [3.05, 3.63) is 10.8 Å². The Hall–Kier alpha value is -1.50. The fourth-order valence-corrected chi connectivity index (χ4v) is 2.61. The van der Waals surface area contributed by atoms with Crippen molar-refractivity contribution in [2.45, 2.75) is 40.2 Å². The minimum Gasteiger partial charge on any atom is -0.349 e. The molecular weight excluding hydrogens is 250 g/mol. The number of nitrogens with zero attached hydrogens (tertiary/aromatic N) is 4. The van der Waals surface area contributed by atoms with E-state index in [2.05, 4.69) is 20.6 Å². The zero-order valence-corrected chi connectivity index (χ0v) is 11.6. The molecule has 0 aliphatic heterocycles. The molecule has 0 atom stereocenters. The zero-order chi connectivity index (χ0) is 13.1. The van der Waals surface area contributed by atoms with Crippen LogP contribution in [0.2, 0.25) is 0 Å². The van der Waals surface area contributed by atoms with E-state index >= 15 is 0 Å². The maximum absolute atomic E-state index is 11.8. The van der Waals surface area contributed by atoms with Crippen LogP contribution in [0, 0.1) is 12.8 Å². The number of aromatic nitrogens is 4. The van der Waals surface area contributed by atoms with E-state index < -0.39 is 0 Å². The molecule has 0 spiro atoms. The summed E-state index contributed by atoms with van der Waals surface area (Å²) in [6, 6.07) is 0. The van der Waals surface area contributed by atoms with Crippen molar-refractivity contribution in [2.75, 3.05) is 0 Å². The number of carbonyl (C=O) groups excluding carboxylic acids is 1. The smallest absolute Gasteiger partial charge is 0.234 e. The summed E-state index contributed by atoms with van der Waals surface area (Å²) in [4.78, 5) is 12.6. The summed E-state index contributed by atoms with van der Waals surface area (Å²) in [5, 5.41) is 16.0. The van der Waals surface area contributed by atoms with E-state index in [1.54, 1.807) is 4.52 Å². The third-order valence-corrected chi connectivity index (χ3v) is 3.86. The van der Waals surface area contributed by atoms with Crippen LogP contribution in [0.25, 0.3) is 4.96 Å². The van der Waals surface area contributed by atoms with E-state index in [1.807, 2.05) is 20.8 Å². The van der Waals surface area contributed by atoms with Gasteiger partial charge in [-0.25, -0.2) is 0 Å². The second-order valence-electron chi connectivity index (χ2n) is 4.17. The highest BCUT2D eigenvalue weighted by atomic mass is 32.1. The van der Waals surface area contributed by atoms with Crippen molar-refractivity contribution >= 4 is 22.2 Å². The molecule has 0 saturated carbocycles. The van der Waals surface area contributed by atoms with E-state index in [0.717, 1.165) is 28.6 Å². The molecule has 1 amide bonds. The van der Waals surface area contributed by atoms with Gasteiger partial charge in [0.15, 0.2) is 5.82 Å². The van der Waals surface area contributed by atoms with E-state index in [-0.39, 0.29) is 11.8 Å². The summed E-state index contributed by atoms with van der Waals surface area (Å²) in [5.41, 5.74) is 0. The van der Waals surface area contributed by atoms with Crippen LogP contribution in [0.3, 0.4) is 0 Å². The van der Waals surface area contributed by atoms with Gasteiger partial charge in [0.25, 0.3) is 0 Å². The van der Waals surface area contributed by atoms with Gasteiger partial charge in [-0.05, 0) is 19.8 Å². The van der Waals surface area contributed by atoms with Crippen LogP contribution in [0.5, 0.6) is 0 Å². The Bertz CT molecular complexity index is 543. The standard InChI is InChI=1S/C11H17N5OS/c1-4-8(5-2)10(17)12-6-9-15-16-7(3)13-14-11(16)18-9/h8H,4-6H2,1-3H3,(H,12,17). The number of rotatable bonds is 5. The first-order valence-electron chi connectivity index (χ1n) is 6.11. The second-order valence-corrected chi connectivity index (χ2v) is 5.21. The molecule has 7 heteroatoms. The lowest BCUT2D eigenvalue weighted by molar-refractivity contribution is -0.125. The Morgan fingerprint density at radius 3 is 2.72 bits per heavy atom. The average molecular weight is 267 g/mol. The first kappa shape index (κ1) is 12.9. The molecule has 0 unspecified atom stereocenters. The number of nitrogens with one attached hydrogen (secondary N) is 1. The Morgan fingerprint density at radius 2 is 2.11 bits per heavy atom. The fourth-order valence-electron chi connectivity index (χ4n) is 1.79. The predicted molar refractivity (Wildman–Crippen MR) is 69.3 cm³/mol. The maximum Gasteiger partial charge on any atom is 0.234 e. The topological polar surface area (TPSA) is 72.2 Å². The van der Waals surface area contributed by atoms with Crippen LogP contribution < -0.4 is 5.32 Å². The summed E-state index contributed by atoms with van der Waals surface area (Å²) in [7, 11) is 0. The van der Waals surface area contributed by atoms with Gasteiger partial charge in [-0.1, -0.05) is 25.2 Å². The van der Waals surface area contributed by atoms with Gasteiger partial charge in [0.1, 0.15) is 5.01 Å². The Labute approximate surface area is 109 Å². The minimum absolute atomic E-state index is 0.0949. The molecule has 1 N–H and O–H groups in total. The van der Waals surface area contributed by atoms with Gasteiger partial charge in [-0.2, -0.15) is 9.61 Å². The first-order valence-corrected chi connectivity index (χ1v) is 6.92. The lowest BCUT2D eigenvalue weighted by atomic mass is 10.0. The third-order valence-electron chi connectivity index (χ3n) is 2.96. The van der Waals surface area contributed by atoms with Crippen LogP contribution in [0.1, 0.15) is 37.5 Å². The monoisotopic (exact) mass is 267 g/mol. The van der Waals surface area contributed by atoms with Gasteiger partial charge in [0.2, 0.25) is 10.9 Å². The van der Waals surface area contributed by atoms with Gasteiger partial charge in [-0.15, -0.1) is 10.2 Å². The SMILES string of the molecule is CCC(CC)C(=O)NCc1nn2c(C)nnc2s1. The van der Waals surface area contributed by atoms with Crippen LogP contribution >= 0.6 is 11.3 Å². The Morgan fingerprint density at radius 1 is 1.39 bits per heavy atom. The Kier molecular flexibility index (Phi) is 3.90. The molecule has 2 aromatic heterocycles. The van der Waals surface area contributed by atoms with Crippen molar-refractivity contribution in [3.63, 3.8) is 0 Å². The van der Waals surface area contributed by atoms with Crippen LogP contribution in [0.4, 0.5) is 0 Å². The summed E-state index contributed by atoms with van der Waals surface area (Å²) in [6.07, 6.45) is 1.74. The second kappa shape index (κ2) is 5.43. The molecule has 0 radical (unpaired) electrons. The van der Waals surface area contributed by atoms with Gasteiger partial charge >= 0.3 is 0 Å². The minimum atomic E-state index is 0.0949. The number of hydrogen-bond donors (Lipinski definition) is 1. The van der Waals surface area contributed by atoms with E-state index in [0.29, 0.717) is 6.54 Å². The lowest BCUT2D eigenvalue weighted by Gasteiger charge is -2.11. The Balaban J connectivity index is 1.99. The van der Waals surface area contributed by atoms with E-state index in [1.165, 1.54) is 11.3 Å². The zero-order valence-electron chi connectivity index (χ0n) is 10.8. The predicted octanol–water partition coefficient (Wildman–Crippen LogP) is 1.55. The van der Waals surface area contributed by atoms with Gasteiger partial charge in [-0.3, -0.25) is 4.79 Å². The molecule has 0 aliphatic rings. The molecule has 0 aromatic carbocycles. The van der Waals surface area contributed by atoms with Crippen LogP contribution in [-0.4, -0.2) is 25.7 Å². The summed E-state index contributed by atoms with van der Waals surface area (Å²) >= 11 is 1.45. The van der Waals surface area contributed by atoms with Crippen molar-refractivity contribution in [3.8, 4) is 0 Å². The van der Waals surface area contributed by atoms with Crippen molar-refractivity contribution in [1.29, 1.82) is 0 Å². The highest BCUT2D eigenvalue weighted by Crippen LogP contribution is 2.14. The molecule has 0 bridgehead atoms. The van der Waals surface area contributed by atoms with Crippen molar-refractivity contribution in [2.24, 2.45) is 5.92 Å².